The van der Waals surface area contributed by atoms with Crippen LogP contribution < -0.4 is 10.6 Å². The van der Waals surface area contributed by atoms with Gasteiger partial charge in [0.1, 0.15) is 5.75 Å². The first-order valence-corrected chi connectivity index (χ1v) is 8.47. The number of furan rings is 1. The summed E-state index contributed by atoms with van der Waals surface area (Å²) >= 11 is 0. The van der Waals surface area contributed by atoms with Crippen LogP contribution in [0, 0.1) is 13.8 Å². The van der Waals surface area contributed by atoms with Crippen LogP contribution in [0.2, 0.25) is 0 Å². The summed E-state index contributed by atoms with van der Waals surface area (Å²) in [6.45, 7) is 3.96. The van der Waals surface area contributed by atoms with Crippen molar-refractivity contribution in [2.24, 2.45) is 0 Å². The minimum Gasteiger partial charge on any atom is -0.507 e. The first-order valence-electron chi connectivity index (χ1n) is 8.47. The van der Waals surface area contributed by atoms with E-state index in [9.17, 15) is 14.7 Å². The van der Waals surface area contributed by atoms with Gasteiger partial charge in [0.15, 0.2) is 5.76 Å². The fraction of sp³-hybridized carbons (Fsp3) is 0.143. The fourth-order valence-corrected chi connectivity index (χ4v) is 2.57. The van der Waals surface area contributed by atoms with Crippen LogP contribution in [0.1, 0.15) is 37.6 Å². The average Bonchev–Trinajstić information content (AvgIpc) is 3.20. The normalized spacial score (nSPS) is 10.4. The Kier molecular flexibility index (Phi) is 5.26. The van der Waals surface area contributed by atoms with E-state index in [1.54, 1.807) is 55.5 Å². The van der Waals surface area contributed by atoms with Gasteiger partial charge in [0, 0.05) is 12.2 Å². The molecule has 0 bridgehead atoms. The predicted molar refractivity (Wildman–Crippen MR) is 102 cm³/mol. The number of carbonyl (C=O) groups is 2. The lowest BCUT2D eigenvalue weighted by molar-refractivity contribution is 0.0947. The Morgan fingerprint density at radius 2 is 1.74 bits per heavy atom. The lowest BCUT2D eigenvalue weighted by Gasteiger charge is -2.11. The van der Waals surface area contributed by atoms with E-state index in [1.807, 2.05) is 6.92 Å². The highest BCUT2D eigenvalue weighted by molar-refractivity contribution is 6.02. The highest BCUT2D eigenvalue weighted by Crippen LogP contribution is 2.24. The lowest BCUT2D eigenvalue weighted by Crippen LogP contribution is -2.23. The van der Waals surface area contributed by atoms with Crippen LogP contribution in [-0.4, -0.2) is 16.9 Å². The number of benzene rings is 2. The highest BCUT2D eigenvalue weighted by Gasteiger charge is 2.14. The van der Waals surface area contributed by atoms with E-state index < -0.39 is 0 Å². The van der Waals surface area contributed by atoms with Gasteiger partial charge < -0.3 is 20.2 Å². The van der Waals surface area contributed by atoms with Crippen molar-refractivity contribution in [1.29, 1.82) is 0 Å². The molecule has 0 aliphatic carbocycles. The number of aromatic hydroxyl groups is 1. The number of amides is 2. The summed E-state index contributed by atoms with van der Waals surface area (Å²) in [7, 11) is 0. The van der Waals surface area contributed by atoms with Gasteiger partial charge in [-0.3, -0.25) is 9.59 Å². The maximum Gasteiger partial charge on any atom is 0.291 e. The molecule has 0 fully saturated rings. The van der Waals surface area contributed by atoms with Crippen LogP contribution >= 0.6 is 0 Å². The molecule has 0 aliphatic heterocycles. The van der Waals surface area contributed by atoms with Crippen LogP contribution in [0.25, 0.3) is 0 Å². The molecular weight excluding hydrogens is 344 g/mol. The monoisotopic (exact) mass is 364 g/mol. The summed E-state index contributed by atoms with van der Waals surface area (Å²) in [5.41, 5.74) is 3.36. The Bertz CT molecular complexity index is 961. The Morgan fingerprint density at radius 3 is 2.41 bits per heavy atom. The zero-order valence-electron chi connectivity index (χ0n) is 15.1. The van der Waals surface area contributed by atoms with E-state index in [0.717, 1.165) is 11.1 Å². The van der Waals surface area contributed by atoms with Crippen LogP contribution in [0.5, 0.6) is 5.75 Å². The quantitative estimate of drug-likeness (QED) is 0.642. The zero-order chi connectivity index (χ0) is 19.4. The molecule has 1 heterocycles. The number of phenols is 1. The summed E-state index contributed by atoms with van der Waals surface area (Å²) in [5, 5.41) is 15.6. The first-order chi connectivity index (χ1) is 13.0. The predicted octanol–water partition coefficient (Wildman–Crippen LogP) is 3.78. The van der Waals surface area contributed by atoms with E-state index >= 15 is 0 Å². The molecule has 0 aliphatic rings. The summed E-state index contributed by atoms with van der Waals surface area (Å²) in [6, 6.07) is 13.7. The van der Waals surface area contributed by atoms with Gasteiger partial charge in [-0.2, -0.15) is 0 Å². The van der Waals surface area contributed by atoms with Gasteiger partial charge in [-0.05, 0) is 60.9 Å². The first kappa shape index (κ1) is 18.3. The minimum atomic E-state index is -0.342. The molecule has 3 aromatic rings. The topological polar surface area (TPSA) is 91.6 Å². The van der Waals surface area contributed by atoms with E-state index in [2.05, 4.69) is 10.6 Å². The van der Waals surface area contributed by atoms with Gasteiger partial charge in [0.05, 0.1) is 11.8 Å². The van der Waals surface area contributed by atoms with Gasteiger partial charge in [-0.25, -0.2) is 0 Å². The van der Waals surface area contributed by atoms with Gasteiger partial charge >= 0.3 is 0 Å². The van der Waals surface area contributed by atoms with Crippen LogP contribution in [0.15, 0.2) is 59.2 Å². The van der Waals surface area contributed by atoms with Crippen molar-refractivity contribution in [1.82, 2.24) is 5.32 Å². The maximum atomic E-state index is 12.3. The SMILES string of the molecule is Cc1ccc(C(=O)NCc2ccc(NC(=O)c3ccco3)cc2)c(O)c1C. The molecular formula is C21H20N2O4. The summed E-state index contributed by atoms with van der Waals surface area (Å²) in [4.78, 5) is 24.2. The van der Waals surface area contributed by atoms with Crippen molar-refractivity contribution in [3.63, 3.8) is 0 Å². The number of nitrogens with one attached hydrogen (secondary N) is 2. The number of rotatable bonds is 5. The number of aryl methyl sites for hydroxylation is 1. The Balaban J connectivity index is 1.59. The highest BCUT2D eigenvalue weighted by atomic mass is 16.3. The average molecular weight is 364 g/mol. The summed E-state index contributed by atoms with van der Waals surface area (Å²) in [5.74, 6) is -0.430. The van der Waals surface area contributed by atoms with Crippen molar-refractivity contribution >= 4 is 17.5 Å². The Hall–Kier alpha value is -3.54. The van der Waals surface area contributed by atoms with Crippen molar-refractivity contribution in [2.45, 2.75) is 20.4 Å². The van der Waals surface area contributed by atoms with Gasteiger partial charge in [-0.15, -0.1) is 0 Å². The molecule has 0 atom stereocenters. The zero-order valence-corrected chi connectivity index (χ0v) is 15.1. The second kappa shape index (κ2) is 7.78. The molecule has 3 rings (SSSR count). The van der Waals surface area contributed by atoms with Crippen LogP contribution in [-0.2, 0) is 6.54 Å². The molecule has 2 amide bonds. The molecule has 138 valence electrons. The molecule has 0 unspecified atom stereocenters. The Morgan fingerprint density at radius 1 is 1.00 bits per heavy atom. The third kappa shape index (κ3) is 4.17. The second-order valence-electron chi connectivity index (χ2n) is 6.21. The second-order valence-corrected chi connectivity index (χ2v) is 6.21. The lowest BCUT2D eigenvalue weighted by atomic mass is 10.0. The number of anilines is 1. The molecule has 0 radical (unpaired) electrons. The van der Waals surface area contributed by atoms with Gasteiger partial charge in [-0.1, -0.05) is 18.2 Å². The van der Waals surface area contributed by atoms with Gasteiger partial charge in [0.2, 0.25) is 0 Å². The van der Waals surface area contributed by atoms with Crippen molar-refractivity contribution in [3.05, 3.63) is 82.8 Å². The smallest absolute Gasteiger partial charge is 0.291 e. The van der Waals surface area contributed by atoms with E-state index in [-0.39, 0.29) is 28.9 Å². The van der Waals surface area contributed by atoms with E-state index in [0.29, 0.717) is 17.8 Å². The fourth-order valence-electron chi connectivity index (χ4n) is 2.57. The molecule has 3 N–H and O–H groups in total. The van der Waals surface area contributed by atoms with Crippen LogP contribution in [0.3, 0.4) is 0 Å². The molecule has 27 heavy (non-hydrogen) atoms. The summed E-state index contributed by atoms with van der Waals surface area (Å²) in [6.07, 6.45) is 1.44. The number of phenolic OH excluding ortho intramolecular Hbond substituents is 1. The van der Waals surface area contributed by atoms with Crippen molar-refractivity contribution < 1.29 is 19.1 Å². The van der Waals surface area contributed by atoms with Crippen LogP contribution in [0.4, 0.5) is 5.69 Å². The molecule has 6 heteroatoms. The van der Waals surface area contributed by atoms with E-state index in [4.69, 9.17) is 4.42 Å². The number of hydrogen-bond acceptors (Lipinski definition) is 4. The third-order valence-electron chi connectivity index (χ3n) is 4.36. The minimum absolute atomic E-state index is 0.00323. The number of hydrogen-bond donors (Lipinski definition) is 3. The van der Waals surface area contributed by atoms with Crippen molar-refractivity contribution in [3.8, 4) is 5.75 Å². The largest absolute Gasteiger partial charge is 0.507 e. The van der Waals surface area contributed by atoms with E-state index in [1.165, 1.54) is 6.26 Å². The maximum absolute atomic E-state index is 12.3. The third-order valence-corrected chi connectivity index (χ3v) is 4.36. The summed E-state index contributed by atoms with van der Waals surface area (Å²) < 4.78 is 5.04. The molecule has 6 nitrogen and oxygen atoms in total. The van der Waals surface area contributed by atoms with Gasteiger partial charge in [0.25, 0.3) is 11.8 Å². The standard InChI is InChI=1S/C21H20N2O4/c1-13-5-10-17(19(24)14(13)2)20(25)22-12-15-6-8-16(9-7-15)23-21(26)18-4-3-11-27-18/h3-11,24H,12H2,1-2H3,(H,22,25)(H,23,26). The molecule has 0 saturated heterocycles. The Labute approximate surface area is 156 Å². The molecule has 0 saturated carbocycles. The molecule has 2 aromatic carbocycles. The number of carbonyl (C=O) groups excluding carboxylic acids is 2. The molecule has 1 aromatic heterocycles. The van der Waals surface area contributed by atoms with Crippen molar-refractivity contribution in [2.75, 3.05) is 5.32 Å². The molecule has 0 spiro atoms.